The molecular weight excluding hydrogens is 378 g/mol. The lowest BCUT2D eigenvalue weighted by molar-refractivity contribution is 0.401. The van der Waals surface area contributed by atoms with Crippen LogP contribution in [0, 0.1) is 6.92 Å². The summed E-state index contributed by atoms with van der Waals surface area (Å²) in [6, 6.07) is 12.4. The van der Waals surface area contributed by atoms with Gasteiger partial charge in [0.15, 0.2) is 0 Å². The third-order valence-electron chi connectivity index (χ3n) is 3.68. The van der Waals surface area contributed by atoms with Gasteiger partial charge in [0.25, 0.3) is 0 Å². The summed E-state index contributed by atoms with van der Waals surface area (Å²) in [5, 5.41) is 0. The molecule has 2 aromatic carbocycles. The van der Waals surface area contributed by atoms with E-state index in [9.17, 15) is 8.42 Å². The highest BCUT2D eigenvalue weighted by atomic mass is 79.9. The number of halogens is 1. The van der Waals surface area contributed by atoms with E-state index in [1.54, 1.807) is 18.2 Å². The molecule has 0 aromatic heterocycles. The number of benzene rings is 2. The van der Waals surface area contributed by atoms with Crippen LogP contribution in [0.4, 0.5) is 0 Å². The summed E-state index contributed by atoms with van der Waals surface area (Å²) in [4.78, 5) is 0.126. The van der Waals surface area contributed by atoms with E-state index in [1.807, 2.05) is 38.1 Å². The Hall–Kier alpha value is -1.37. The van der Waals surface area contributed by atoms with Gasteiger partial charge in [0.2, 0.25) is 10.0 Å². The zero-order chi connectivity index (χ0) is 17.0. The predicted octanol–water partition coefficient (Wildman–Crippen LogP) is 4.20. The number of sulfonamides is 1. The standard InChI is InChI=1S/C17H20BrNO3S/c1-4-15(14-8-6-5-7-12(14)2)19-23(20,21)17-11-13(18)9-10-16(17)22-3/h5-11,15,19H,4H2,1-3H3. The highest BCUT2D eigenvalue weighted by Gasteiger charge is 2.24. The van der Waals surface area contributed by atoms with Crippen LogP contribution in [-0.2, 0) is 10.0 Å². The number of ether oxygens (including phenoxy) is 1. The molecule has 2 aromatic rings. The SMILES string of the molecule is CCC(NS(=O)(=O)c1cc(Br)ccc1OC)c1ccccc1C. The van der Waals surface area contributed by atoms with E-state index in [4.69, 9.17) is 4.74 Å². The average Bonchev–Trinajstić information content (AvgIpc) is 2.53. The van der Waals surface area contributed by atoms with Gasteiger partial charge < -0.3 is 4.74 Å². The minimum atomic E-state index is -3.71. The number of hydrogen-bond donors (Lipinski definition) is 1. The summed E-state index contributed by atoms with van der Waals surface area (Å²) in [7, 11) is -2.25. The van der Waals surface area contributed by atoms with Crippen LogP contribution in [0.3, 0.4) is 0 Å². The Kier molecular flexibility index (Phi) is 5.84. The van der Waals surface area contributed by atoms with Crippen LogP contribution in [0.5, 0.6) is 5.75 Å². The summed E-state index contributed by atoms with van der Waals surface area (Å²) < 4.78 is 34.3. The molecule has 23 heavy (non-hydrogen) atoms. The zero-order valence-corrected chi connectivity index (χ0v) is 15.7. The minimum absolute atomic E-state index is 0.126. The molecule has 0 aliphatic heterocycles. The maximum absolute atomic E-state index is 12.8. The van der Waals surface area contributed by atoms with Crippen LogP contribution in [0.1, 0.15) is 30.5 Å². The molecular formula is C17H20BrNO3S. The van der Waals surface area contributed by atoms with Crippen LogP contribution < -0.4 is 9.46 Å². The van der Waals surface area contributed by atoms with E-state index in [0.29, 0.717) is 16.6 Å². The van der Waals surface area contributed by atoms with Gasteiger partial charge in [0.05, 0.1) is 7.11 Å². The predicted molar refractivity (Wildman–Crippen MR) is 95.2 cm³/mol. The molecule has 0 fully saturated rings. The second-order valence-corrected chi connectivity index (χ2v) is 7.83. The lowest BCUT2D eigenvalue weighted by atomic mass is 10.0. The van der Waals surface area contributed by atoms with Crippen molar-refractivity contribution in [1.82, 2.24) is 4.72 Å². The number of methoxy groups -OCH3 is 1. The summed E-state index contributed by atoms with van der Waals surface area (Å²) in [5.74, 6) is 0.320. The Balaban J connectivity index is 2.41. The van der Waals surface area contributed by atoms with E-state index in [1.165, 1.54) is 7.11 Å². The Morgan fingerprint density at radius 2 is 1.91 bits per heavy atom. The van der Waals surface area contributed by atoms with Crippen molar-refractivity contribution in [3.05, 3.63) is 58.1 Å². The van der Waals surface area contributed by atoms with Crippen molar-refractivity contribution in [2.75, 3.05) is 7.11 Å². The molecule has 6 heteroatoms. The Bertz CT molecular complexity index is 790. The third kappa shape index (κ3) is 4.13. The fraction of sp³-hybridized carbons (Fsp3) is 0.294. The molecule has 1 atom stereocenters. The first-order valence-corrected chi connectivity index (χ1v) is 9.58. The topological polar surface area (TPSA) is 55.4 Å². The molecule has 0 bridgehead atoms. The Morgan fingerprint density at radius 3 is 2.52 bits per heavy atom. The van der Waals surface area contributed by atoms with E-state index in [-0.39, 0.29) is 10.9 Å². The number of rotatable bonds is 6. The van der Waals surface area contributed by atoms with Gasteiger partial charge in [0, 0.05) is 10.5 Å². The normalized spacial score (nSPS) is 12.9. The van der Waals surface area contributed by atoms with Crippen molar-refractivity contribution < 1.29 is 13.2 Å². The second-order valence-electron chi connectivity index (χ2n) is 5.23. The summed E-state index contributed by atoms with van der Waals surface area (Å²) in [6.45, 7) is 3.93. The van der Waals surface area contributed by atoms with Gasteiger partial charge >= 0.3 is 0 Å². The summed E-state index contributed by atoms with van der Waals surface area (Å²) in [5.41, 5.74) is 2.04. The van der Waals surface area contributed by atoms with E-state index in [2.05, 4.69) is 20.7 Å². The quantitative estimate of drug-likeness (QED) is 0.794. The van der Waals surface area contributed by atoms with Gasteiger partial charge in [-0.05, 0) is 42.7 Å². The largest absolute Gasteiger partial charge is 0.495 e. The maximum Gasteiger partial charge on any atom is 0.244 e. The number of nitrogens with one attached hydrogen (secondary N) is 1. The van der Waals surface area contributed by atoms with Crippen LogP contribution in [-0.4, -0.2) is 15.5 Å². The van der Waals surface area contributed by atoms with Crippen molar-refractivity contribution in [3.63, 3.8) is 0 Å². The Morgan fingerprint density at radius 1 is 1.22 bits per heavy atom. The molecule has 124 valence electrons. The van der Waals surface area contributed by atoms with Crippen LogP contribution in [0.25, 0.3) is 0 Å². The van der Waals surface area contributed by atoms with Crippen molar-refractivity contribution in [3.8, 4) is 5.75 Å². The Labute approximate surface area is 146 Å². The van der Waals surface area contributed by atoms with E-state index in [0.717, 1.165) is 11.1 Å². The van der Waals surface area contributed by atoms with Gasteiger partial charge in [-0.1, -0.05) is 47.1 Å². The van der Waals surface area contributed by atoms with Gasteiger partial charge in [-0.15, -0.1) is 0 Å². The molecule has 1 N–H and O–H groups in total. The molecule has 0 saturated heterocycles. The van der Waals surface area contributed by atoms with Crippen molar-refractivity contribution >= 4 is 26.0 Å². The molecule has 1 unspecified atom stereocenters. The van der Waals surface area contributed by atoms with Crippen molar-refractivity contribution in [1.29, 1.82) is 0 Å². The molecule has 0 heterocycles. The molecule has 0 spiro atoms. The lowest BCUT2D eigenvalue weighted by Crippen LogP contribution is -2.29. The molecule has 2 rings (SSSR count). The first-order chi connectivity index (χ1) is 10.9. The average molecular weight is 398 g/mol. The third-order valence-corrected chi connectivity index (χ3v) is 5.67. The highest BCUT2D eigenvalue weighted by molar-refractivity contribution is 9.10. The van der Waals surface area contributed by atoms with Gasteiger partial charge in [-0.25, -0.2) is 13.1 Å². The number of hydrogen-bond acceptors (Lipinski definition) is 3. The molecule has 0 aliphatic carbocycles. The zero-order valence-electron chi connectivity index (χ0n) is 13.3. The molecule has 0 amide bonds. The van der Waals surface area contributed by atoms with E-state index < -0.39 is 10.0 Å². The molecule has 0 aliphatic rings. The van der Waals surface area contributed by atoms with Gasteiger partial charge in [0.1, 0.15) is 10.6 Å². The fourth-order valence-electron chi connectivity index (χ4n) is 2.46. The molecule has 0 saturated carbocycles. The van der Waals surface area contributed by atoms with Crippen LogP contribution in [0.15, 0.2) is 51.8 Å². The summed E-state index contributed by atoms with van der Waals surface area (Å²) in [6.07, 6.45) is 0.653. The van der Waals surface area contributed by atoms with E-state index >= 15 is 0 Å². The molecule has 4 nitrogen and oxygen atoms in total. The van der Waals surface area contributed by atoms with Crippen molar-refractivity contribution in [2.24, 2.45) is 0 Å². The maximum atomic E-state index is 12.8. The van der Waals surface area contributed by atoms with Crippen molar-refractivity contribution in [2.45, 2.75) is 31.2 Å². The first-order valence-electron chi connectivity index (χ1n) is 7.30. The smallest absolute Gasteiger partial charge is 0.244 e. The second kappa shape index (κ2) is 7.47. The fourth-order valence-corrected chi connectivity index (χ4v) is 4.46. The van der Waals surface area contributed by atoms with Gasteiger partial charge in [-0.3, -0.25) is 0 Å². The first kappa shape index (κ1) is 18.0. The van der Waals surface area contributed by atoms with Gasteiger partial charge in [-0.2, -0.15) is 0 Å². The van der Waals surface area contributed by atoms with Crippen LogP contribution in [0.2, 0.25) is 0 Å². The monoisotopic (exact) mass is 397 g/mol. The van der Waals surface area contributed by atoms with Crippen LogP contribution >= 0.6 is 15.9 Å². The summed E-state index contributed by atoms with van der Waals surface area (Å²) >= 11 is 3.31. The highest BCUT2D eigenvalue weighted by Crippen LogP contribution is 2.29. The minimum Gasteiger partial charge on any atom is -0.495 e. The number of aryl methyl sites for hydroxylation is 1. The lowest BCUT2D eigenvalue weighted by Gasteiger charge is -2.20. The molecule has 0 radical (unpaired) electrons.